The monoisotopic (exact) mass is 403 g/mol. The first-order valence-electron chi connectivity index (χ1n) is 9.39. The number of phenolic OH excluding ortho intramolecular Hbond substituents is 1. The Kier molecular flexibility index (Phi) is 6.79. The van der Waals surface area contributed by atoms with Crippen molar-refractivity contribution in [2.45, 2.75) is 31.6 Å². The number of nitrogens with one attached hydrogen (secondary N) is 1. The molecule has 1 aliphatic rings. The van der Waals surface area contributed by atoms with E-state index in [-0.39, 0.29) is 25.0 Å². The number of fused-ring (bicyclic) bond motifs is 1. The normalized spacial score (nSPS) is 17.4. The molecule has 1 aliphatic heterocycles. The molecule has 0 saturated carbocycles. The van der Waals surface area contributed by atoms with Gasteiger partial charge in [-0.1, -0.05) is 6.07 Å². The zero-order chi connectivity index (χ0) is 20.8. The smallest absolute Gasteiger partial charge is 0.348 e. The summed E-state index contributed by atoms with van der Waals surface area (Å²) >= 11 is 0. The van der Waals surface area contributed by atoms with Crippen LogP contribution in [0.4, 0.5) is 0 Å². The average molecular weight is 403 g/mol. The van der Waals surface area contributed by atoms with Gasteiger partial charge in [-0.05, 0) is 55.3 Å². The van der Waals surface area contributed by atoms with Crippen molar-refractivity contribution >= 4 is 5.97 Å². The number of benzene rings is 2. The number of rotatable bonds is 9. The van der Waals surface area contributed by atoms with Gasteiger partial charge in [-0.15, -0.1) is 0 Å². The summed E-state index contributed by atoms with van der Waals surface area (Å²) in [6.07, 6.45) is -0.969. The zero-order valence-electron chi connectivity index (χ0n) is 16.1. The molecule has 1 heterocycles. The van der Waals surface area contributed by atoms with Crippen LogP contribution >= 0.6 is 0 Å². The highest BCUT2D eigenvalue weighted by Crippen LogP contribution is 2.33. The van der Waals surface area contributed by atoms with Gasteiger partial charge in [0.05, 0.1) is 0 Å². The van der Waals surface area contributed by atoms with Crippen molar-refractivity contribution in [2.75, 3.05) is 19.8 Å². The first kappa shape index (κ1) is 20.8. The van der Waals surface area contributed by atoms with Gasteiger partial charge in [-0.3, -0.25) is 0 Å². The fourth-order valence-electron chi connectivity index (χ4n) is 2.92. The van der Waals surface area contributed by atoms with Crippen LogP contribution < -0.4 is 19.5 Å². The number of carboxylic acid groups (broad SMARTS) is 1. The summed E-state index contributed by atoms with van der Waals surface area (Å²) in [7, 11) is 0. The number of hydrogen-bond donors (Lipinski definition) is 4. The standard InChI is InChI=1S/C21H25NO7/c1-13(22-10-16(24)11-27-17-5-3-15(23)4-6-17)8-14-2-7-18-19(9-14)28-12-20(29-18)21(25)26/h2-7,9,13,16,20,22-24H,8,10-12H2,1H3,(H,25,26)/t13-,16+,20-/m1/s1. The van der Waals surface area contributed by atoms with Crippen molar-refractivity contribution in [3.63, 3.8) is 0 Å². The topological polar surface area (TPSA) is 117 Å². The zero-order valence-corrected chi connectivity index (χ0v) is 16.1. The molecule has 0 unspecified atom stereocenters. The van der Waals surface area contributed by atoms with E-state index in [0.29, 0.717) is 30.2 Å². The van der Waals surface area contributed by atoms with E-state index in [9.17, 15) is 15.0 Å². The van der Waals surface area contributed by atoms with Gasteiger partial charge >= 0.3 is 5.97 Å². The van der Waals surface area contributed by atoms with E-state index in [1.165, 1.54) is 12.1 Å². The van der Waals surface area contributed by atoms with Crippen LogP contribution in [0.2, 0.25) is 0 Å². The number of aromatic hydroxyl groups is 1. The Morgan fingerprint density at radius 1 is 1.24 bits per heavy atom. The van der Waals surface area contributed by atoms with Gasteiger partial charge in [-0.25, -0.2) is 4.79 Å². The maximum absolute atomic E-state index is 11.0. The second kappa shape index (κ2) is 9.49. The predicted molar refractivity (Wildman–Crippen MR) is 105 cm³/mol. The van der Waals surface area contributed by atoms with Crippen molar-refractivity contribution in [1.29, 1.82) is 0 Å². The van der Waals surface area contributed by atoms with Crippen LogP contribution in [0.1, 0.15) is 12.5 Å². The van der Waals surface area contributed by atoms with E-state index in [1.807, 2.05) is 19.1 Å². The number of aliphatic hydroxyl groups is 1. The molecule has 0 spiro atoms. The van der Waals surface area contributed by atoms with E-state index in [1.54, 1.807) is 18.2 Å². The van der Waals surface area contributed by atoms with Gasteiger partial charge in [0.2, 0.25) is 6.10 Å². The molecule has 0 fully saturated rings. The average Bonchev–Trinajstić information content (AvgIpc) is 2.71. The summed E-state index contributed by atoms with van der Waals surface area (Å²) in [5, 5.41) is 31.6. The largest absolute Gasteiger partial charge is 0.508 e. The second-order valence-corrected chi connectivity index (χ2v) is 7.01. The lowest BCUT2D eigenvalue weighted by Crippen LogP contribution is -2.37. The molecule has 2 aromatic rings. The van der Waals surface area contributed by atoms with E-state index in [2.05, 4.69) is 5.32 Å². The summed E-state index contributed by atoms with van der Waals surface area (Å²) in [5.41, 5.74) is 1.01. The SMILES string of the molecule is C[C@H](Cc1ccc2c(c1)OC[C@H](C(=O)O)O2)NC[C@H](O)COc1ccc(O)cc1. The Morgan fingerprint density at radius 2 is 2.00 bits per heavy atom. The molecule has 0 saturated heterocycles. The first-order chi connectivity index (χ1) is 13.9. The lowest BCUT2D eigenvalue weighted by Gasteiger charge is -2.24. The van der Waals surface area contributed by atoms with E-state index < -0.39 is 18.2 Å². The van der Waals surface area contributed by atoms with Gasteiger partial charge < -0.3 is 34.8 Å². The van der Waals surface area contributed by atoms with Crippen LogP contribution in [-0.2, 0) is 11.2 Å². The third kappa shape index (κ3) is 6.00. The molecular formula is C21H25NO7. The maximum Gasteiger partial charge on any atom is 0.348 e. The Hall–Kier alpha value is -2.97. The molecular weight excluding hydrogens is 378 g/mol. The fraction of sp³-hybridized carbons (Fsp3) is 0.381. The highest BCUT2D eigenvalue weighted by atomic mass is 16.6. The van der Waals surface area contributed by atoms with Crippen LogP contribution in [0.25, 0.3) is 0 Å². The molecule has 8 nitrogen and oxygen atoms in total. The van der Waals surface area contributed by atoms with E-state index in [4.69, 9.17) is 19.3 Å². The molecule has 3 atom stereocenters. The van der Waals surface area contributed by atoms with E-state index in [0.717, 1.165) is 5.56 Å². The second-order valence-electron chi connectivity index (χ2n) is 7.01. The summed E-state index contributed by atoms with van der Waals surface area (Å²) in [6.45, 7) is 2.49. The lowest BCUT2D eigenvalue weighted by molar-refractivity contribution is -0.147. The summed E-state index contributed by atoms with van der Waals surface area (Å²) in [4.78, 5) is 11.0. The van der Waals surface area contributed by atoms with Crippen LogP contribution in [0.3, 0.4) is 0 Å². The van der Waals surface area contributed by atoms with Crippen LogP contribution in [-0.4, -0.2) is 59.3 Å². The molecule has 29 heavy (non-hydrogen) atoms. The number of aliphatic hydroxyl groups excluding tert-OH is 1. The minimum absolute atomic E-state index is 0.0210. The molecule has 0 bridgehead atoms. The number of ether oxygens (including phenoxy) is 3. The van der Waals surface area contributed by atoms with Crippen LogP contribution in [0.15, 0.2) is 42.5 Å². The fourth-order valence-corrected chi connectivity index (χ4v) is 2.92. The number of phenols is 1. The molecule has 4 N–H and O–H groups in total. The third-order valence-electron chi connectivity index (χ3n) is 4.47. The maximum atomic E-state index is 11.0. The highest BCUT2D eigenvalue weighted by molar-refractivity contribution is 5.73. The number of carbonyl (C=O) groups is 1. The Morgan fingerprint density at radius 3 is 2.72 bits per heavy atom. The van der Waals surface area contributed by atoms with Crippen LogP contribution in [0.5, 0.6) is 23.0 Å². The van der Waals surface area contributed by atoms with Gasteiger partial charge in [0.25, 0.3) is 0 Å². The minimum atomic E-state index is -1.05. The minimum Gasteiger partial charge on any atom is -0.508 e. The Labute approximate surface area is 168 Å². The molecule has 2 aromatic carbocycles. The molecule has 156 valence electrons. The van der Waals surface area contributed by atoms with Gasteiger partial charge in [-0.2, -0.15) is 0 Å². The van der Waals surface area contributed by atoms with Crippen molar-refractivity contribution in [1.82, 2.24) is 5.32 Å². The Bertz CT molecular complexity index is 824. The number of carboxylic acids is 1. The highest BCUT2D eigenvalue weighted by Gasteiger charge is 2.27. The van der Waals surface area contributed by atoms with Crippen molar-refractivity contribution in [3.8, 4) is 23.0 Å². The summed E-state index contributed by atoms with van der Waals surface area (Å²) in [5.74, 6) is 0.653. The molecule has 0 amide bonds. The van der Waals surface area contributed by atoms with Crippen molar-refractivity contribution in [3.05, 3.63) is 48.0 Å². The lowest BCUT2D eigenvalue weighted by atomic mass is 10.1. The van der Waals surface area contributed by atoms with Gasteiger partial charge in [0.15, 0.2) is 11.5 Å². The van der Waals surface area contributed by atoms with Crippen molar-refractivity contribution < 1.29 is 34.3 Å². The molecule has 0 radical (unpaired) electrons. The molecule has 8 heteroatoms. The summed E-state index contributed by atoms with van der Waals surface area (Å²) in [6, 6.07) is 11.8. The van der Waals surface area contributed by atoms with Crippen molar-refractivity contribution in [2.24, 2.45) is 0 Å². The van der Waals surface area contributed by atoms with Crippen LogP contribution in [0, 0.1) is 0 Å². The van der Waals surface area contributed by atoms with Gasteiger partial charge in [0.1, 0.15) is 30.8 Å². The number of aliphatic carboxylic acids is 1. The first-order valence-corrected chi connectivity index (χ1v) is 9.39. The molecule has 0 aromatic heterocycles. The molecule has 0 aliphatic carbocycles. The Balaban J connectivity index is 1.43. The number of hydrogen-bond acceptors (Lipinski definition) is 7. The quantitative estimate of drug-likeness (QED) is 0.499. The van der Waals surface area contributed by atoms with E-state index >= 15 is 0 Å². The predicted octanol–water partition coefficient (Wildman–Crippen LogP) is 1.58. The molecule has 3 rings (SSSR count). The summed E-state index contributed by atoms with van der Waals surface area (Å²) < 4.78 is 16.4. The van der Waals surface area contributed by atoms with Gasteiger partial charge in [0, 0.05) is 12.6 Å². The third-order valence-corrected chi connectivity index (χ3v) is 4.47.